The van der Waals surface area contributed by atoms with E-state index >= 15 is 0 Å². The van der Waals surface area contributed by atoms with Gasteiger partial charge in [0.25, 0.3) is 0 Å². The van der Waals surface area contributed by atoms with Crippen molar-refractivity contribution in [3.63, 3.8) is 0 Å². The van der Waals surface area contributed by atoms with Gasteiger partial charge >= 0.3 is 0 Å². The number of rotatable bonds is 1. The van der Waals surface area contributed by atoms with Gasteiger partial charge < -0.3 is 4.90 Å². The van der Waals surface area contributed by atoms with E-state index in [0.29, 0.717) is 5.02 Å². The fourth-order valence-electron chi connectivity index (χ4n) is 0.736. The molecule has 0 aromatic carbocycles. The molecule has 0 amide bonds. The van der Waals surface area contributed by atoms with Crippen LogP contribution in [0.3, 0.4) is 0 Å². The minimum atomic E-state index is 0.641. The lowest BCUT2D eigenvalue weighted by Crippen LogP contribution is -2.10. The molecule has 4 heteroatoms. The lowest BCUT2D eigenvalue weighted by Gasteiger charge is -2.12. The van der Waals surface area contributed by atoms with E-state index in [9.17, 15) is 0 Å². The van der Waals surface area contributed by atoms with E-state index in [0.717, 1.165) is 10.3 Å². The molecule has 0 aliphatic carbocycles. The second-order valence-electron chi connectivity index (χ2n) is 2.35. The Morgan fingerprint density at radius 2 is 2.18 bits per heavy atom. The van der Waals surface area contributed by atoms with Gasteiger partial charge in [0.1, 0.15) is 5.82 Å². The van der Waals surface area contributed by atoms with Crippen LogP contribution in [-0.4, -0.2) is 19.1 Å². The molecule has 0 radical (unpaired) electrons. The predicted molar refractivity (Wildman–Crippen MR) is 51.3 cm³/mol. The van der Waals surface area contributed by atoms with Gasteiger partial charge in [0.15, 0.2) is 0 Å². The highest BCUT2D eigenvalue weighted by Crippen LogP contribution is 2.24. The zero-order chi connectivity index (χ0) is 8.43. The molecule has 1 aromatic rings. The molecular formula is C7H8BrClN2. The summed E-state index contributed by atoms with van der Waals surface area (Å²) >= 11 is 9.07. The third-order valence-electron chi connectivity index (χ3n) is 1.21. The van der Waals surface area contributed by atoms with Crippen LogP contribution in [0.25, 0.3) is 0 Å². The first kappa shape index (κ1) is 8.81. The topological polar surface area (TPSA) is 16.1 Å². The van der Waals surface area contributed by atoms with Crippen LogP contribution in [0.4, 0.5) is 5.82 Å². The first-order chi connectivity index (χ1) is 5.11. The molecule has 0 N–H and O–H groups in total. The molecule has 0 unspecified atom stereocenters. The van der Waals surface area contributed by atoms with E-state index in [-0.39, 0.29) is 0 Å². The molecule has 0 aliphatic heterocycles. The highest BCUT2D eigenvalue weighted by Gasteiger charge is 2.02. The quantitative estimate of drug-likeness (QED) is 0.744. The van der Waals surface area contributed by atoms with Crippen LogP contribution in [-0.2, 0) is 0 Å². The van der Waals surface area contributed by atoms with Gasteiger partial charge in [0.2, 0.25) is 0 Å². The lowest BCUT2D eigenvalue weighted by atomic mass is 10.4. The molecule has 0 bridgehead atoms. The number of hydrogen-bond donors (Lipinski definition) is 0. The summed E-state index contributed by atoms with van der Waals surface area (Å²) in [6, 6.07) is 1.82. The number of pyridine rings is 1. The number of anilines is 1. The molecule has 0 aliphatic rings. The average molecular weight is 236 g/mol. The molecule has 0 atom stereocenters. The van der Waals surface area contributed by atoms with Crippen molar-refractivity contribution in [2.45, 2.75) is 0 Å². The van der Waals surface area contributed by atoms with Crippen molar-refractivity contribution in [1.29, 1.82) is 0 Å². The molecule has 0 fully saturated rings. The van der Waals surface area contributed by atoms with Gasteiger partial charge in [-0.25, -0.2) is 4.98 Å². The van der Waals surface area contributed by atoms with Gasteiger partial charge in [0.05, 0.1) is 9.50 Å². The first-order valence-electron chi connectivity index (χ1n) is 3.09. The Labute approximate surface area is 79.3 Å². The molecule has 0 saturated carbocycles. The average Bonchev–Trinajstić information content (AvgIpc) is 1.85. The van der Waals surface area contributed by atoms with E-state index < -0.39 is 0 Å². The smallest absolute Gasteiger partial charge is 0.142 e. The zero-order valence-electron chi connectivity index (χ0n) is 6.31. The molecule has 1 aromatic heterocycles. The number of nitrogens with zero attached hydrogens (tertiary/aromatic N) is 2. The van der Waals surface area contributed by atoms with Crippen LogP contribution in [0.5, 0.6) is 0 Å². The zero-order valence-corrected chi connectivity index (χ0v) is 8.65. The minimum Gasteiger partial charge on any atom is -0.362 e. The highest BCUT2D eigenvalue weighted by atomic mass is 79.9. The van der Waals surface area contributed by atoms with Gasteiger partial charge in [-0.15, -0.1) is 0 Å². The Hall–Kier alpha value is -0.280. The van der Waals surface area contributed by atoms with Crippen molar-refractivity contribution in [2.75, 3.05) is 19.0 Å². The maximum absolute atomic E-state index is 5.71. The third kappa shape index (κ3) is 2.07. The fraction of sp³-hybridized carbons (Fsp3) is 0.286. The fourth-order valence-corrected chi connectivity index (χ4v) is 1.73. The summed E-state index contributed by atoms with van der Waals surface area (Å²) in [7, 11) is 3.86. The van der Waals surface area contributed by atoms with Crippen LogP contribution in [0, 0.1) is 0 Å². The third-order valence-corrected chi connectivity index (χ3v) is 2.00. The number of hydrogen-bond acceptors (Lipinski definition) is 2. The van der Waals surface area contributed by atoms with Crippen molar-refractivity contribution in [3.8, 4) is 0 Å². The monoisotopic (exact) mass is 234 g/mol. The van der Waals surface area contributed by atoms with Gasteiger partial charge in [-0.1, -0.05) is 11.6 Å². The molecular weight excluding hydrogens is 227 g/mol. The Morgan fingerprint density at radius 1 is 1.55 bits per heavy atom. The van der Waals surface area contributed by atoms with E-state index in [1.54, 1.807) is 6.20 Å². The second-order valence-corrected chi connectivity index (χ2v) is 3.64. The van der Waals surface area contributed by atoms with Crippen LogP contribution < -0.4 is 4.90 Å². The first-order valence-corrected chi connectivity index (χ1v) is 4.26. The van der Waals surface area contributed by atoms with Crippen molar-refractivity contribution in [3.05, 3.63) is 21.8 Å². The largest absolute Gasteiger partial charge is 0.362 e. The van der Waals surface area contributed by atoms with Crippen molar-refractivity contribution in [1.82, 2.24) is 4.98 Å². The molecule has 1 heterocycles. The SMILES string of the molecule is CN(C)c1ncc(Cl)cc1Br. The molecule has 11 heavy (non-hydrogen) atoms. The van der Waals surface area contributed by atoms with E-state index in [2.05, 4.69) is 20.9 Å². The highest BCUT2D eigenvalue weighted by molar-refractivity contribution is 9.10. The van der Waals surface area contributed by atoms with Crippen molar-refractivity contribution < 1.29 is 0 Å². The number of halogens is 2. The summed E-state index contributed by atoms with van der Waals surface area (Å²) in [6.07, 6.45) is 1.63. The van der Waals surface area contributed by atoms with E-state index in [1.807, 2.05) is 25.1 Å². The summed E-state index contributed by atoms with van der Waals surface area (Å²) in [5.41, 5.74) is 0. The van der Waals surface area contributed by atoms with E-state index in [4.69, 9.17) is 11.6 Å². The normalized spacial score (nSPS) is 9.82. The number of aromatic nitrogens is 1. The minimum absolute atomic E-state index is 0.641. The molecule has 0 saturated heterocycles. The van der Waals surface area contributed by atoms with Crippen LogP contribution in [0.1, 0.15) is 0 Å². The van der Waals surface area contributed by atoms with Gasteiger partial charge in [-0.05, 0) is 22.0 Å². The van der Waals surface area contributed by atoms with Crippen molar-refractivity contribution in [2.24, 2.45) is 0 Å². The van der Waals surface area contributed by atoms with E-state index in [1.165, 1.54) is 0 Å². The van der Waals surface area contributed by atoms with Crippen LogP contribution in [0.15, 0.2) is 16.7 Å². The summed E-state index contributed by atoms with van der Waals surface area (Å²) in [6.45, 7) is 0. The molecule has 60 valence electrons. The Balaban J connectivity index is 3.09. The molecule has 0 spiro atoms. The lowest BCUT2D eigenvalue weighted by molar-refractivity contribution is 1.06. The van der Waals surface area contributed by atoms with Crippen LogP contribution >= 0.6 is 27.5 Å². The Morgan fingerprint density at radius 3 is 2.64 bits per heavy atom. The Bertz CT molecular complexity index is 263. The standard InChI is InChI=1S/C7H8BrClN2/c1-11(2)7-6(8)3-5(9)4-10-7/h3-4H,1-2H3. The maximum Gasteiger partial charge on any atom is 0.142 e. The maximum atomic E-state index is 5.71. The van der Waals surface area contributed by atoms with Gasteiger partial charge in [-0.2, -0.15) is 0 Å². The predicted octanol–water partition coefficient (Wildman–Crippen LogP) is 2.56. The summed E-state index contributed by atoms with van der Waals surface area (Å²) in [4.78, 5) is 6.04. The molecule has 2 nitrogen and oxygen atoms in total. The Kier molecular flexibility index (Phi) is 2.73. The van der Waals surface area contributed by atoms with Gasteiger partial charge in [0, 0.05) is 20.3 Å². The van der Waals surface area contributed by atoms with Crippen LogP contribution in [0.2, 0.25) is 5.02 Å². The second kappa shape index (κ2) is 3.41. The summed E-state index contributed by atoms with van der Waals surface area (Å²) in [5.74, 6) is 0.884. The summed E-state index contributed by atoms with van der Waals surface area (Å²) in [5, 5.41) is 0.641. The van der Waals surface area contributed by atoms with Gasteiger partial charge in [-0.3, -0.25) is 0 Å². The summed E-state index contributed by atoms with van der Waals surface area (Å²) < 4.78 is 0.912. The molecule has 1 rings (SSSR count). The van der Waals surface area contributed by atoms with Crippen molar-refractivity contribution >= 4 is 33.3 Å².